The van der Waals surface area contributed by atoms with Crippen LogP contribution in [-0.2, 0) is 20.3 Å². The van der Waals surface area contributed by atoms with Crippen LogP contribution in [0.3, 0.4) is 0 Å². The minimum atomic E-state index is -0.705. The topological polar surface area (TPSA) is 47.6 Å². The second-order valence-electron chi connectivity index (χ2n) is 3.02. The van der Waals surface area contributed by atoms with Crippen molar-refractivity contribution in [2.75, 3.05) is 32.3 Å². The largest absolute Gasteiger partial charge is 0.354 e. The van der Waals surface area contributed by atoms with Gasteiger partial charge in [-0.25, -0.2) is 0 Å². The standard InChI is InChI=1S/C9H21NO3S/c1-5-14(11)7-6-10-8(2)9(12-3)13-4/h8-10H,5-7H2,1-4H3. The molecule has 0 rings (SSSR count). The number of rotatable bonds is 8. The number of hydrogen-bond acceptors (Lipinski definition) is 4. The summed E-state index contributed by atoms with van der Waals surface area (Å²) >= 11 is 0. The molecule has 0 aliphatic rings. The summed E-state index contributed by atoms with van der Waals surface area (Å²) in [6.45, 7) is 4.63. The molecule has 0 amide bonds. The molecule has 0 radical (unpaired) electrons. The molecule has 1 N–H and O–H groups in total. The number of ether oxygens (including phenoxy) is 2. The highest BCUT2D eigenvalue weighted by atomic mass is 32.2. The fourth-order valence-corrected chi connectivity index (χ4v) is 1.78. The molecule has 0 aromatic carbocycles. The Hall–Kier alpha value is 0.0300. The molecule has 0 spiro atoms. The third-order valence-corrected chi connectivity index (χ3v) is 3.29. The van der Waals surface area contributed by atoms with Crippen LogP contribution >= 0.6 is 0 Å². The van der Waals surface area contributed by atoms with Crippen LogP contribution in [0.25, 0.3) is 0 Å². The maximum Gasteiger partial charge on any atom is 0.171 e. The average molecular weight is 223 g/mol. The van der Waals surface area contributed by atoms with E-state index in [-0.39, 0.29) is 12.3 Å². The maximum atomic E-state index is 11.1. The predicted molar refractivity (Wildman–Crippen MR) is 58.8 cm³/mol. The van der Waals surface area contributed by atoms with Crippen molar-refractivity contribution in [1.29, 1.82) is 0 Å². The molecule has 2 unspecified atom stereocenters. The van der Waals surface area contributed by atoms with Crippen molar-refractivity contribution in [3.8, 4) is 0 Å². The Morgan fingerprint density at radius 1 is 1.36 bits per heavy atom. The minimum absolute atomic E-state index is 0.110. The lowest BCUT2D eigenvalue weighted by molar-refractivity contribution is -0.119. The van der Waals surface area contributed by atoms with Gasteiger partial charge < -0.3 is 14.8 Å². The van der Waals surface area contributed by atoms with E-state index in [9.17, 15) is 4.21 Å². The zero-order valence-corrected chi connectivity index (χ0v) is 10.2. The van der Waals surface area contributed by atoms with Crippen molar-refractivity contribution in [1.82, 2.24) is 5.32 Å². The second-order valence-corrected chi connectivity index (χ2v) is 4.88. The van der Waals surface area contributed by atoms with E-state index < -0.39 is 10.8 Å². The lowest BCUT2D eigenvalue weighted by Gasteiger charge is -2.21. The summed E-state index contributed by atoms with van der Waals surface area (Å²) in [6, 6.07) is 0.110. The van der Waals surface area contributed by atoms with Gasteiger partial charge in [0, 0.05) is 43.1 Å². The monoisotopic (exact) mass is 223 g/mol. The van der Waals surface area contributed by atoms with Crippen molar-refractivity contribution >= 4 is 10.8 Å². The fourth-order valence-electron chi connectivity index (χ4n) is 1.15. The Balaban J connectivity index is 3.61. The van der Waals surface area contributed by atoms with Gasteiger partial charge in [0.05, 0.1) is 6.04 Å². The van der Waals surface area contributed by atoms with E-state index in [2.05, 4.69) is 5.32 Å². The lowest BCUT2D eigenvalue weighted by atomic mass is 10.3. The summed E-state index contributed by atoms with van der Waals surface area (Å²) < 4.78 is 21.3. The second kappa shape index (κ2) is 8.35. The van der Waals surface area contributed by atoms with Crippen LogP contribution in [0.4, 0.5) is 0 Å². The van der Waals surface area contributed by atoms with E-state index >= 15 is 0 Å². The molecule has 0 bridgehead atoms. The van der Waals surface area contributed by atoms with Crippen molar-refractivity contribution < 1.29 is 13.7 Å². The van der Waals surface area contributed by atoms with Crippen LogP contribution in [0, 0.1) is 0 Å². The molecule has 14 heavy (non-hydrogen) atoms. The molecule has 0 aromatic heterocycles. The van der Waals surface area contributed by atoms with Crippen LogP contribution in [0.15, 0.2) is 0 Å². The first-order chi connectivity index (χ1) is 6.65. The number of hydrogen-bond donors (Lipinski definition) is 1. The molecule has 0 aliphatic carbocycles. The van der Waals surface area contributed by atoms with E-state index in [1.165, 1.54) is 0 Å². The van der Waals surface area contributed by atoms with Gasteiger partial charge in [-0.1, -0.05) is 6.92 Å². The number of nitrogens with one attached hydrogen (secondary N) is 1. The molecule has 0 heterocycles. The highest BCUT2D eigenvalue weighted by Gasteiger charge is 2.14. The molecule has 0 aliphatic heterocycles. The van der Waals surface area contributed by atoms with Gasteiger partial charge in [-0.3, -0.25) is 4.21 Å². The molecular formula is C9H21NO3S. The quantitative estimate of drug-likeness (QED) is 0.603. The minimum Gasteiger partial charge on any atom is -0.354 e. The fraction of sp³-hybridized carbons (Fsp3) is 1.00. The molecule has 0 fully saturated rings. The Morgan fingerprint density at radius 3 is 2.36 bits per heavy atom. The Kier molecular flexibility index (Phi) is 8.37. The van der Waals surface area contributed by atoms with Crippen LogP contribution < -0.4 is 5.32 Å². The summed E-state index contributed by atoms with van der Waals surface area (Å²) in [6.07, 6.45) is -0.245. The van der Waals surface area contributed by atoms with E-state index in [0.717, 1.165) is 6.54 Å². The van der Waals surface area contributed by atoms with E-state index in [1.54, 1.807) is 14.2 Å². The van der Waals surface area contributed by atoms with E-state index in [0.29, 0.717) is 11.5 Å². The summed E-state index contributed by atoms with van der Waals surface area (Å²) in [4.78, 5) is 0. The van der Waals surface area contributed by atoms with Gasteiger partial charge >= 0.3 is 0 Å². The van der Waals surface area contributed by atoms with Gasteiger partial charge in [0.1, 0.15) is 0 Å². The summed E-state index contributed by atoms with van der Waals surface area (Å²) in [5.74, 6) is 1.40. The van der Waals surface area contributed by atoms with Crippen LogP contribution in [0.5, 0.6) is 0 Å². The van der Waals surface area contributed by atoms with Gasteiger partial charge in [0.25, 0.3) is 0 Å². The van der Waals surface area contributed by atoms with Gasteiger partial charge in [-0.05, 0) is 6.92 Å². The molecule has 86 valence electrons. The first-order valence-corrected chi connectivity index (χ1v) is 6.28. The molecule has 0 aromatic rings. The molecule has 0 saturated carbocycles. The van der Waals surface area contributed by atoms with Crippen molar-refractivity contribution in [3.05, 3.63) is 0 Å². The van der Waals surface area contributed by atoms with E-state index in [4.69, 9.17) is 9.47 Å². The maximum absolute atomic E-state index is 11.1. The molecular weight excluding hydrogens is 202 g/mol. The van der Waals surface area contributed by atoms with Crippen LogP contribution in [0.1, 0.15) is 13.8 Å². The van der Waals surface area contributed by atoms with Gasteiger partial charge in [-0.15, -0.1) is 0 Å². The van der Waals surface area contributed by atoms with Crippen LogP contribution in [-0.4, -0.2) is 48.8 Å². The number of methoxy groups -OCH3 is 2. The normalized spacial score (nSPS) is 15.8. The smallest absolute Gasteiger partial charge is 0.171 e. The van der Waals surface area contributed by atoms with Gasteiger partial charge in [0.15, 0.2) is 6.29 Å². The molecule has 0 saturated heterocycles. The summed E-state index contributed by atoms with van der Waals surface area (Å²) in [5.41, 5.74) is 0. The highest BCUT2D eigenvalue weighted by molar-refractivity contribution is 7.84. The SMILES string of the molecule is CCS(=O)CCNC(C)C(OC)OC. The first-order valence-electron chi connectivity index (χ1n) is 4.79. The Morgan fingerprint density at radius 2 is 1.93 bits per heavy atom. The average Bonchev–Trinajstić information content (AvgIpc) is 2.19. The Bertz CT molecular complexity index is 162. The Labute approximate surface area is 88.8 Å². The molecule has 4 nitrogen and oxygen atoms in total. The first kappa shape index (κ1) is 14.0. The lowest BCUT2D eigenvalue weighted by Crippen LogP contribution is -2.41. The summed E-state index contributed by atoms with van der Waals surface area (Å²) in [7, 11) is 2.51. The zero-order valence-electron chi connectivity index (χ0n) is 9.41. The predicted octanol–water partition coefficient (Wildman–Crippen LogP) is 0.352. The van der Waals surface area contributed by atoms with Crippen molar-refractivity contribution in [3.63, 3.8) is 0 Å². The highest BCUT2D eigenvalue weighted by Crippen LogP contribution is 1.97. The van der Waals surface area contributed by atoms with Gasteiger partial charge in [0.2, 0.25) is 0 Å². The third kappa shape index (κ3) is 5.70. The summed E-state index contributed by atoms with van der Waals surface area (Å²) in [5, 5.41) is 3.21. The van der Waals surface area contributed by atoms with Crippen LogP contribution in [0.2, 0.25) is 0 Å². The van der Waals surface area contributed by atoms with Crippen molar-refractivity contribution in [2.24, 2.45) is 0 Å². The van der Waals surface area contributed by atoms with E-state index in [1.807, 2.05) is 13.8 Å². The van der Waals surface area contributed by atoms with Crippen molar-refractivity contribution in [2.45, 2.75) is 26.2 Å². The third-order valence-electron chi connectivity index (χ3n) is 1.99. The molecule has 5 heteroatoms. The van der Waals surface area contributed by atoms with Gasteiger partial charge in [-0.2, -0.15) is 0 Å². The molecule has 2 atom stereocenters. The zero-order chi connectivity index (χ0) is 11.0.